The lowest BCUT2D eigenvalue weighted by Crippen LogP contribution is -2.55. The van der Waals surface area contributed by atoms with Crippen LogP contribution in [0, 0.1) is 28.6 Å². The first kappa shape index (κ1) is 13.6. The third-order valence-electron chi connectivity index (χ3n) is 7.00. The minimum Gasteiger partial charge on any atom is -0.393 e. The van der Waals surface area contributed by atoms with Crippen molar-refractivity contribution in [2.45, 2.75) is 70.8 Å². The lowest BCUT2D eigenvalue weighted by molar-refractivity contribution is -0.159. The van der Waals surface area contributed by atoms with E-state index in [-0.39, 0.29) is 11.5 Å². The molecule has 4 aliphatic carbocycles. The molecule has 2 heteroatoms. The molecule has 4 bridgehead atoms. The molecule has 0 spiro atoms. The van der Waals surface area contributed by atoms with Gasteiger partial charge in [0.05, 0.1) is 6.10 Å². The van der Waals surface area contributed by atoms with E-state index in [1.807, 2.05) is 0 Å². The summed E-state index contributed by atoms with van der Waals surface area (Å²) < 4.78 is 5.46. The molecule has 0 amide bonds. The Morgan fingerprint density at radius 1 is 1.10 bits per heavy atom. The van der Waals surface area contributed by atoms with Crippen molar-refractivity contribution in [3.8, 4) is 0 Å². The van der Waals surface area contributed by atoms with Gasteiger partial charge >= 0.3 is 0 Å². The molecule has 3 atom stereocenters. The molecule has 1 heterocycles. The molecule has 1 aliphatic heterocycles. The van der Waals surface area contributed by atoms with Crippen molar-refractivity contribution in [1.29, 1.82) is 0 Å². The minimum atomic E-state index is -0.0455. The molecule has 1 saturated heterocycles. The Kier molecular flexibility index (Phi) is 3.20. The molecular weight excluding hydrogens is 248 g/mol. The van der Waals surface area contributed by atoms with Gasteiger partial charge in [-0.2, -0.15) is 0 Å². The van der Waals surface area contributed by atoms with Crippen LogP contribution in [0.4, 0.5) is 0 Å². The lowest BCUT2D eigenvalue weighted by Gasteiger charge is -2.63. The molecule has 4 saturated carbocycles. The van der Waals surface area contributed by atoms with Crippen molar-refractivity contribution in [2.75, 3.05) is 13.2 Å². The summed E-state index contributed by atoms with van der Waals surface area (Å²) in [5.41, 5.74) is 0.845. The third kappa shape index (κ3) is 2.23. The Morgan fingerprint density at radius 3 is 2.35 bits per heavy atom. The molecule has 5 aliphatic rings. The molecule has 5 rings (SSSR count). The zero-order valence-corrected chi connectivity index (χ0v) is 12.9. The van der Waals surface area contributed by atoms with Crippen molar-refractivity contribution in [3.05, 3.63) is 0 Å². The quantitative estimate of drug-likeness (QED) is 0.851. The minimum absolute atomic E-state index is 0.0455. The molecule has 2 nitrogen and oxygen atoms in total. The van der Waals surface area contributed by atoms with Gasteiger partial charge in [0, 0.05) is 13.2 Å². The number of rotatable bonds is 3. The maximum Gasteiger partial charge on any atom is 0.0599 e. The summed E-state index contributed by atoms with van der Waals surface area (Å²) in [4.78, 5) is 0. The number of aliphatic hydroxyl groups excluding tert-OH is 1. The summed E-state index contributed by atoms with van der Waals surface area (Å²) >= 11 is 0. The summed E-state index contributed by atoms with van der Waals surface area (Å²) in [6, 6.07) is 0. The molecule has 0 aromatic heterocycles. The third-order valence-corrected chi connectivity index (χ3v) is 7.00. The van der Waals surface area contributed by atoms with Crippen molar-refractivity contribution >= 4 is 0 Å². The van der Waals surface area contributed by atoms with E-state index in [2.05, 4.69) is 6.92 Å². The summed E-state index contributed by atoms with van der Waals surface area (Å²) in [5, 5.41) is 11.0. The molecule has 0 radical (unpaired) electrons. The summed E-state index contributed by atoms with van der Waals surface area (Å²) in [6.45, 7) is 4.32. The Labute approximate surface area is 123 Å². The van der Waals surface area contributed by atoms with E-state index < -0.39 is 0 Å². The van der Waals surface area contributed by atoms with E-state index in [4.69, 9.17) is 4.74 Å². The molecule has 0 aromatic rings. The largest absolute Gasteiger partial charge is 0.393 e. The first-order chi connectivity index (χ1) is 9.57. The van der Waals surface area contributed by atoms with Crippen molar-refractivity contribution in [3.63, 3.8) is 0 Å². The topological polar surface area (TPSA) is 29.5 Å². The van der Waals surface area contributed by atoms with E-state index in [0.29, 0.717) is 11.3 Å². The molecule has 20 heavy (non-hydrogen) atoms. The van der Waals surface area contributed by atoms with Crippen molar-refractivity contribution < 1.29 is 9.84 Å². The number of aliphatic hydroxyl groups is 1. The molecule has 5 fully saturated rings. The highest BCUT2D eigenvalue weighted by atomic mass is 16.5. The zero-order valence-electron chi connectivity index (χ0n) is 12.9. The Balaban J connectivity index is 1.49. The second-order valence-electron chi connectivity index (χ2n) is 8.94. The summed E-state index contributed by atoms with van der Waals surface area (Å²) in [7, 11) is 0. The maximum absolute atomic E-state index is 11.0. The molecule has 3 unspecified atom stereocenters. The predicted molar refractivity (Wildman–Crippen MR) is 79.4 cm³/mol. The summed E-state index contributed by atoms with van der Waals surface area (Å²) in [6.07, 6.45) is 11.6. The van der Waals surface area contributed by atoms with Gasteiger partial charge in [0.2, 0.25) is 0 Å². The molecular formula is C18H30O2. The van der Waals surface area contributed by atoms with Gasteiger partial charge in [-0.15, -0.1) is 0 Å². The number of ether oxygens (including phenoxy) is 1. The van der Waals surface area contributed by atoms with Gasteiger partial charge in [0.15, 0.2) is 0 Å². The van der Waals surface area contributed by atoms with Gasteiger partial charge in [-0.3, -0.25) is 0 Å². The fourth-order valence-corrected chi connectivity index (χ4v) is 6.74. The second-order valence-corrected chi connectivity index (χ2v) is 8.94. The number of hydrogen-bond acceptors (Lipinski definition) is 2. The van der Waals surface area contributed by atoms with Gasteiger partial charge < -0.3 is 9.84 Å². The van der Waals surface area contributed by atoms with Crippen LogP contribution >= 0.6 is 0 Å². The Hall–Kier alpha value is -0.0800. The smallest absolute Gasteiger partial charge is 0.0599 e. The van der Waals surface area contributed by atoms with Gasteiger partial charge in [-0.05, 0) is 86.4 Å². The maximum atomic E-state index is 11.0. The van der Waals surface area contributed by atoms with E-state index in [1.165, 1.54) is 38.5 Å². The molecule has 1 N–H and O–H groups in total. The van der Waals surface area contributed by atoms with Crippen LogP contribution in [0.3, 0.4) is 0 Å². The fraction of sp³-hybridized carbons (Fsp3) is 1.00. The van der Waals surface area contributed by atoms with Crippen molar-refractivity contribution in [1.82, 2.24) is 0 Å². The monoisotopic (exact) mass is 278 g/mol. The first-order valence-electron chi connectivity index (χ1n) is 8.83. The van der Waals surface area contributed by atoms with Crippen LogP contribution in [0.5, 0.6) is 0 Å². The van der Waals surface area contributed by atoms with Gasteiger partial charge in [-0.25, -0.2) is 0 Å². The SMILES string of the molecule is CC12CC3CC(C1)CC(C(O)CC1CCOCC1)(C3)C2. The average molecular weight is 278 g/mol. The van der Waals surface area contributed by atoms with Gasteiger partial charge in [0.25, 0.3) is 0 Å². The normalized spacial score (nSPS) is 49.5. The molecule has 0 aromatic carbocycles. The van der Waals surface area contributed by atoms with E-state index in [1.54, 1.807) is 0 Å². The molecule has 114 valence electrons. The van der Waals surface area contributed by atoms with E-state index in [9.17, 15) is 5.11 Å². The van der Waals surface area contributed by atoms with Crippen LogP contribution in [0.1, 0.15) is 64.7 Å². The van der Waals surface area contributed by atoms with Gasteiger partial charge in [-0.1, -0.05) is 6.92 Å². The van der Waals surface area contributed by atoms with Crippen LogP contribution in [0.15, 0.2) is 0 Å². The highest BCUT2D eigenvalue weighted by Crippen LogP contribution is 2.66. The first-order valence-corrected chi connectivity index (χ1v) is 8.83. The fourth-order valence-electron chi connectivity index (χ4n) is 6.74. The van der Waals surface area contributed by atoms with E-state index >= 15 is 0 Å². The number of hydrogen-bond donors (Lipinski definition) is 1. The van der Waals surface area contributed by atoms with Crippen LogP contribution in [0.2, 0.25) is 0 Å². The van der Waals surface area contributed by atoms with Crippen LogP contribution < -0.4 is 0 Å². The van der Waals surface area contributed by atoms with Gasteiger partial charge in [0.1, 0.15) is 0 Å². The summed E-state index contributed by atoms with van der Waals surface area (Å²) in [5.74, 6) is 2.55. The average Bonchev–Trinajstić information content (AvgIpc) is 2.37. The van der Waals surface area contributed by atoms with Crippen molar-refractivity contribution in [2.24, 2.45) is 28.6 Å². The zero-order chi connectivity index (χ0) is 13.8. The van der Waals surface area contributed by atoms with E-state index in [0.717, 1.165) is 44.3 Å². The van der Waals surface area contributed by atoms with Crippen LogP contribution in [-0.2, 0) is 4.74 Å². The second kappa shape index (κ2) is 4.71. The highest BCUT2D eigenvalue weighted by Gasteiger charge is 2.58. The van der Waals surface area contributed by atoms with Crippen LogP contribution in [0.25, 0.3) is 0 Å². The Bertz CT molecular complexity index is 358. The predicted octanol–water partition coefficient (Wildman–Crippen LogP) is 3.77. The standard InChI is InChI=1S/C18H30O2/c1-17-8-14-6-15(9-17)11-18(10-14,12-17)16(19)7-13-2-4-20-5-3-13/h13-16,19H,2-12H2,1H3. The van der Waals surface area contributed by atoms with Crippen LogP contribution in [-0.4, -0.2) is 24.4 Å². The Morgan fingerprint density at radius 2 is 1.75 bits per heavy atom. The lowest BCUT2D eigenvalue weighted by atomic mass is 9.43. The highest BCUT2D eigenvalue weighted by molar-refractivity contribution is 5.08.